The highest BCUT2D eigenvalue weighted by Gasteiger charge is 2.22. The summed E-state index contributed by atoms with van der Waals surface area (Å²) >= 11 is 1.20. The number of nitrogens with zero attached hydrogens (tertiary/aromatic N) is 4. The molecule has 4 aromatic rings. The van der Waals surface area contributed by atoms with Crippen LogP contribution in [0.2, 0.25) is 0 Å². The largest absolute Gasteiger partial charge is 0.411 e. The maximum Gasteiger partial charge on any atom is 0.277 e. The number of piperazine rings is 1. The van der Waals surface area contributed by atoms with Crippen molar-refractivity contribution in [2.24, 2.45) is 0 Å². The van der Waals surface area contributed by atoms with Crippen LogP contribution in [0.4, 0.5) is 11.4 Å². The molecule has 0 aliphatic carbocycles. The molecule has 1 aliphatic rings. The molecule has 0 atom stereocenters. The van der Waals surface area contributed by atoms with Gasteiger partial charge in [0.1, 0.15) is 0 Å². The molecule has 194 valence electrons. The minimum absolute atomic E-state index is 0.0798. The monoisotopic (exact) mass is 527 g/mol. The Morgan fingerprint density at radius 3 is 2.34 bits per heavy atom. The number of nitrogens with one attached hydrogen (secondary N) is 1. The molecule has 5 rings (SSSR count). The van der Waals surface area contributed by atoms with Crippen LogP contribution in [0.25, 0.3) is 11.5 Å². The van der Waals surface area contributed by atoms with Crippen molar-refractivity contribution in [2.75, 3.05) is 42.1 Å². The number of anilines is 2. The van der Waals surface area contributed by atoms with E-state index in [0.717, 1.165) is 46.7 Å². The molecule has 1 aromatic heterocycles. The van der Waals surface area contributed by atoms with Crippen LogP contribution in [0.1, 0.15) is 21.5 Å². The van der Waals surface area contributed by atoms with Gasteiger partial charge in [-0.25, -0.2) is 0 Å². The molecule has 2 amide bonds. The minimum Gasteiger partial charge on any atom is -0.411 e. The molecular formula is C29H29N5O3S. The lowest BCUT2D eigenvalue weighted by Gasteiger charge is -2.36. The number of benzene rings is 3. The van der Waals surface area contributed by atoms with E-state index < -0.39 is 0 Å². The van der Waals surface area contributed by atoms with E-state index in [1.165, 1.54) is 11.8 Å². The fourth-order valence-corrected chi connectivity index (χ4v) is 4.85. The van der Waals surface area contributed by atoms with Gasteiger partial charge < -0.3 is 19.5 Å². The Kier molecular flexibility index (Phi) is 7.74. The molecule has 0 saturated carbocycles. The van der Waals surface area contributed by atoms with E-state index in [0.29, 0.717) is 24.2 Å². The first-order chi connectivity index (χ1) is 18.4. The van der Waals surface area contributed by atoms with Gasteiger partial charge in [-0.15, -0.1) is 10.2 Å². The van der Waals surface area contributed by atoms with Crippen molar-refractivity contribution in [3.8, 4) is 11.5 Å². The molecule has 1 N–H and O–H groups in total. The van der Waals surface area contributed by atoms with E-state index in [9.17, 15) is 9.59 Å². The molecule has 8 nitrogen and oxygen atoms in total. The topological polar surface area (TPSA) is 91.6 Å². The molecule has 9 heteroatoms. The highest BCUT2D eigenvalue weighted by Crippen LogP contribution is 2.24. The Hall–Kier alpha value is -4.11. The summed E-state index contributed by atoms with van der Waals surface area (Å²) in [6, 6.07) is 23.3. The number of hydrogen-bond donors (Lipinski definition) is 1. The van der Waals surface area contributed by atoms with E-state index in [1.807, 2.05) is 91.5 Å². The molecule has 0 unspecified atom stereocenters. The molecule has 0 bridgehead atoms. The van der Waals surface area contributed by atoms with E-state index in [2.05, 4.69) is 20.4 Å². The summed E-state index contributed by atoms with van der Waals surface area (Å²) < 4.78 is 5.68. The first kappa shape index (κ1) is 25.5. The van der Waals surface area contributed by atoms with Crippen LogP contribution in [0.3, 0.4) is 0 Å². The highest BCUT2D eigenvalue weighted by atomic mass is 32.2. The highest BCUT2D eigenvalue weighted by molar-refractivity contribution is 7.99. The van der Waals surface area contributed by atoms with Crippen molar-refractivity contribution >= 4 is 35.0 Å². The molecular weight excluding hydrogens is 498 g/mol. The third kappa shape index (κ3) is 6.23. The zero-order chi connectivity index (χ0) is 26.5. The van der Waals surface area contributed by atoms with Gasteiger partial charge in [0.05, 0.1) is 5.75 Å². The van der Waals surface area contributed by atoms with Gasteiger partial charge in [0, 0.05) is 48.7 Å². The van der Waals surface area contributed by atoms with Gasteiger partial charge in [-0.1, -0.05) is 47.2 Å². The summed E-state index contributed by atoms with van der Waals surface area (Å²) in [6.07, 6.45) is 0. The summed E-state index contributed by atoms with van der Waals surface area (Å²) in [5, 5.41) is 11.4. The number of thioether (sulfide) groups is 1. The number of aryl methyl sites for hydroxylation is 2. The molecule has 38 heavy (non-hydrogen) atoms. The van der Waals surface area contributed by atoms with E-state index in [4.69, 9.17) is 4.42 Å². The van der Waals surface area contributed by atoms with Crippen LogP contribution in [0.15, 0.2) is 82.4 Å². The average molecular weight is 528 g/mol. The Morgan fingerprint density at radius 1 is 0.895 bits per heavy atom. The summed E-state index contributed by atoms with van der Waals surface area (Å²) in [6.45, 7) is 6.87. The summed E-state index contributed by atoms with van der Waals surface area (Å²) in [5.74, 6) is 0.523. The second kappa shape index (κ2) is 11.5. The second-order valence-corrected chi connectivity index (χ2v) is 10.2. The van der Waals surface area contributed by atoms with Gasteiger partial charge in [0.2, 0.25) is 11.8 Å². The number of carbonyl (C=O) groups is 2. The zero-order valence-electron chi connectivity index (χ0n) is 21.4. The number of aromatic nitrogens is 2. The average Bonchev–Trinajstić information content (AvgIpc) is 3.42. The lowest BCUT2D eigenvalue weighted by Crippen LogP contribution is -2.48. The third-order valence-electron chi connectivity index (χ3n) is 6.38. The van der Waals surface area contributed by atoms with Gasteiger partial charge in [0.25, 0.3) is 11.1 Å². The predicted octanol–water partition coefficient (Wildman–Crippen LogP) is 5.05. The van der Waals surface area contributed by atoms with Gasteiger partial charge in [-0.3, -0.25) is 9.59 Å². The Bertz CT molecular complexity index is 1410. The second-order valence-electron chi connectivity index (χ2n) is 9.27. The number of hydrogen-bond acceptors (Lipinski definition) is 7. The Balaban J connectivity index is 1.09. The van der Waals surface area contributed by atoms with Crippen LogP contribution in [0.5, 0.6) is 0 Å². The van der Waals surface area contributed by atoms with Crippen molar-refractivity contribution < 1.29 is 14.0 Å². The number of carbonyl (C=O) groups excluding carboxylic acids is 2. The summed E-state index contributed by atoms with van der Waals surface area (Å²) in [7, 11) is 0. The van der Waals surface area contributed by atoms with E-state index in [-0.39, 0.29) is 17.6 Å². The predicted molar refractivity (Wildman–Crippen MR) is 150 cm³/mol. The van der Waals surface area contributed by atoms with Gasteiger partial charge in [-0.2, -0.15) is 0 Å². The maximum absolute atomic E-state index is 12.8. The van der Waals surface area contributed by atoms with E-state index >= 15 is 0 Å². The van der Waals surface area contributed by atoms with Crippen LogP contribution in [-0.2, 0) is 4.79 Å². The Morgan fingerprint density at radius 2 is 1.63 bits per heavy atom. The van der Waals surface area contributed by atoms with Crippen LogP contribution >= 0.6 is 11.8 Å². The maximum atomic E-state index is 12.8. The molecule has 3 aromatic carbocycles. The molecule has 0 spiro atoms. The smallest absolute Gasteiger partial charge is 0.277 e. The van der Waals surface area contributed by atoms with Gasteiger partial charge in [-0.05, 0) is 62.4 Å². The number of rotatable bonds is 7. The van der Waals surface area contributed by atoms with Gasteiger partial charge >= 0.3 is 0 Å². The summed E-state index contributed by atoms with van der Waals surface area (Å²) in [5.41, 5.74) is 5.61. The minimum atomic E-state index is -0.152. The molecule has 1 aliphatic heterocycles. The SMILES string of the molecule is Cc1ccc(-c2nnc(SCC(=O)Nc3ccc(N4CCN(C(=O)c5cccc(C)c5)CC4)cc3)o2)cc1. The fraction of sp³-hybridized carbons (Fsp3) is 0.241. The van der Waals surface area contributed by atoms with Crippen molar-refractivity contribution in [1.82, 2.24) is 15.1 Å². The fourth-order valence-electron chi connectivity index (χ4n) is 4.29. The van der Waals surface area contributed by atoms with Crippen LogP contribution in [-0.4, -0.2) is 58.8 Å². The zero-order valence-corrected chi connectivity index (χ0v) is 22.2. The quantitative estimate of drug-likeness (QED) is 0.337. The molecule has 1 saturated heterocycles. The number of amides is 2. The summed E-state index contributed by atoms with van der Waals surface area (Å²) in [4.78, 5) is 29.4. The molecule has 2 heterocycles. The van der Waals surface area contributed by atoms with Crippen molar-refractivity contribution in [1.29, 1.82) is 0 Å². The Labute approximate surface area is 226 Å². The van der Waals surface area contributed by atoms with Crippen molar-refractivity contribution in [2.45, 2.75) is 19.1 Å². The van der Waals surface area contributed by atoms with Gasteiger partial charge in [0.15, 0.2) is 0 Å². The molecule has 0 radical (unpaired) electrons. The first-order valence-electron chi connectivity index (χ1n) is 12.5. The van der Waals surface area contributed by atoms with E-state index in [1.54, 1.807) is 0 Å². The van der Waals surface area contributed by atoms with Crippen molar-refractivity contribution in [3.05, 3.63) is 89.5 Å². The van der Waals surface area contributed by atoms with Crippen LogP contribution < -0.4 is 10.2 Å². The lowest BCUT2D eigenvalue weighted by atomic mass is 10.1. The molecule has 1 fully saturated rings. The lowest BCUT2D eigenvalue weighted by molar-refractivity contribution is -0.113. The van der Waals surface area contributed by atoms with Crippen molar-refractivity contribution in [3.63, 3.8) is 0 Å². The normalized spacial score (nSPS) is 13.4. The van der Waals surface area contributed by atoms with Crippen LogP contribution in [0, 0.1) is 13.8 Å². The third-order valence-corrected chi connectivity index (χ3v) is 7.20. The standard InChI is InChI=1S/C29H29N5O3S/c1-20-6-8-22(9-7-20)27-31-32-29(37-27)38-19-26(35)30-24-10-12-25(13-11-24)33-14-16-34(17-15-33)28(36)23-5-3-4-21(2)18-23/h3-13,18H,14-17,19H2,1-2H3,(H,30,35). The first-order valence-corrected chi connectivity index (χ1v) is 13.5.